The molecular weight excluding hydrogens is 288 g/mol. The largest absolute Gasteiger partial charge is 0.387 e. The summed E-state index contributed by atoms with van der Waals surface area (Å²) in [4.78, 5) is 14.2. The van der Waals surface area contributed by atoms with Crippen LogP contribution in [0.3, 0.4) is 0 Å². The maximum Gasteiger partial charge on any atom is 0.276 e. The molecule has 22 heavy (non-hydrogen) atoms. The number of hydrogen-bond acceptors (Lipinski definition) is 6. The van der Waals surface area contributed by atoms with Gasteiger partial charge in [0.2, 0.25) is 0 Å². The van der Waals surface area contributed by atoms with Crippen LogP contribution in [0.2, 0.25) is 0 Å². The highest BCUT2D eigenvalue weighted by Gasteiger charge is 2.56. The topological polar surface area (TPSA) is 85.0 Å². The van der Waals surface area contributed by atoms with Gasteiger partial charge in [-0.2, -0.15) is 0 Å². The van der Waals surface area contributed by atoms with Crippen LogP contribution in [0.15, 0.2) is 4.52 Å². The van der Waals surface area contributed by atoms with E-state index < -0.39 is 11.2 Å². The first-order valence-electron chi connectivity index (χ1n) is 7.52. The van der Waals surface area contributed by atoms with Crippen molar-refractivity contribution in [3.63, 3.8) is 0 Å². The summed E-state index contributed by atoms with van der Waals surface area (Å²) in [6.45, 7) is 5.29. The number of carbonyl (C=O) groups is 1. The van der Waals surface area contributed by atoms with Gasteiger partial charge in [-0.25, -0.2) is 0 Å². The van der Waals surface area contributed by atoms with Crippen LogP contribution in [0.4, 0.5) is 0 Å². The minimum Gasteiger partial charge on any atom is -0.387 e. The predicted molar refractivity (Wildman–Crippen MR) is 76.4 cm³/mol. The molecule has 2 aliphatic heterocycles. The zero-order chi connectivity index (χ0) is 16.0. The molecule has 3 heterocycles. The third kappa shape index (κ3) is 2.43. The Morgan fingerprint density at radius 1 is 1.50 bits per heavy atom. The lowest BCUT2D eigenvalue weighted by Gasteiger charge is -2.47. The second kappa shape index (κ2) is 5.33. The zero-order valence-corrected chi connectivity index (χ0v) is 13.2. The van der Waals surface area contributed by atoms with E-state index in [4.69, 9.17) is 14.0 Å². The monoisotopic (exact) mass is 310 g/mol. The predicted octanol–water partition coefficient (Wildman–Crippen LogP) is 0.885. The molecule has 1 amide bonds. The number of rotatable bonds is 4. The molecule has 0 aromatic carbocycles. The SMILES string of the molecule is CCC1(O)COC2(CN(C(=O)c3noc(C)c3COC)C2)C1. The Hall–Kier alpha value is -1.44. The molecule has 7 nitrogen and oxygen atoms in total. The summed E-state index contributed by atoms with van der Waals surface area (Å²) < 4.78 is 16.0. The van der Waals surface area contributed by atoms with E-state index in [1.165, 1.54) is 0 Å². The van der Waals surface area contributed by atoms with Crippen LogP contribution in [-0.4, -0.2) is 59.1 Å². The molecule has 1 spiro atoms. The summed E-state index contributed by atoms with van der Waals surface area (Å²) in [5.41, 5.74) is -0.176. The molecule has 0 radical (unpaired) electrons. The van der Waals surface area contributed by atoms with E-state index in [1.807, 2.05) is 6.92 Å². The van der Waals surface area contributed by atoms with Gasteiger partial charge < -0.3 is 24.0 Å². The van der Waals surface area contributed by atoms with Crippen LogP contribution < -0.4 is 0 Å². The maximum atomic E-state index is 12.5. The molecule has 2 aliphatic rings. The highest BCUT2D eigenvalue weighted by molar-refractivity contribution is 5.94. The summed E-state index contributed by atoms with van der Waals surface area (Å²) >= 11 is 0. The number of amides is 1. The molecule has 1 aromatic rings. The minimum atomic E-state index is -0.763. The van der Waals surface area contributed by atoms with Gasteiger partial charge in [0.25, 0.3) is 5.91 Å². The normalized spacial score (nSPS) is 26.5. The van der Waals surface area contributed by atoms with Crippen molar-refractivity contribution in [1.82, 2.24) is 10.1 Å². The number of aromatic nitrogens is 1. The standard InChI is InChI=1S/C15H22N2O5/c1-4-14(19)6-15(21-9-14)7-17(8-15)13(18)12-11(5-20-3)10(2)22-16-12/h19H,4-9H2,1-3H3. The number of carbonyl (C=O) groups excluding carboxylic acids is 1. The highest BCUT2D eigenvalue weighted by Crippen LogP contribution is 2.41. The molecule has 0 aliphatic carbocycles. The summed E-state index contributed by atoms with van der Waals surface area (Å²) in [5, 5.41) is 14.1. The smallest absolute Gasteiger partial charge is 0.276 e. The maximum absolute atomic E-state index is 12.5. The Morgan fingerprint density at radius 2 is 2.23 bits per heavy atom. The van der Waals surface area contributed by atoms with Gasteiger partial charge in [-0.3, -0.25) is 4.79 Å². The third-order valence-corrected chi connectivity index (χ3v) is 4.68. The second-order valence-electron chi connectivity index (χ2n) is 6.39. The van der Waals surface area contributed by atoms with E-state index in [0.717, 1.165) is 0 Å². The summed E-state index contributed by atoms with van der Waals surface area (Å²) in [6, 6.07) is 0. The first-order valence-corrected chi connectivity index (χ1v) is 7.52. The molecular formula is C15H22N2O5. The van der Waals surface area contributed by atoms with Crippen LogP contribution in [0.1, 0.15) is 41.6 Å². The Balaban J connectivity index is 1.67. The zero-order valence-electron chi connectivity index (χ0n) is 13.2. The van der Waals surface area contributed by atoms with E-state index in [1.54, 1.807) is 18.9 Å². The van der Waals surface area contributed by atoms with Crippen molar-refractivity contribution >= 4 is 5.91 Å². The summed E-state index contributed by atoms with van der Waals surface area (Å²) in [7, 11) is 1.57. The van der Waals surface area contributed by atoms with Crippen molar-refractivity contribution in [2.75, 3.05) is 26.8 Å². The van der Waals surface area contributed by atoms with Gasteiger partial charge in [0.15, 0.2) is 5.69 Å². The number of aryl methyl sites for hydroxylation is 1. The third-order valence-electron chi connectivity index (χ3n) is 4.68. The molecule has 2 fully saturated rings. The van der Waals surface area contributed by atoms with Crippen LogP contribution in [-0.2, 0) is 16.1 Å². The lowest BCUT2D eigenvalue weighted by atomic mass is 9.83. The molecule has 1 atom stereocenters. The van der Waals surface area contributed by atoms with Crippen molar-refractivity contribution in [1.29, 1.82) is 0 Å². The molecule has 1 unspecified atom stereocenters. The number of likely N-dealkylation sites (tertiary alicyclic amines) is 1. The Morgan fingerprint density at radius 3 is 2.82 bits per heavy atom. The van der Waals surface area contributed by atoms with Gasteiger partial charge in [-0.1, -0.05) is 12.1 Å². The van der Waals surface area contributed by atoms with Gasteiger partial charge in [0.1, 0.15) is 11.4 Å². The van der Waals surface area contributed by atoms with E-state index >= 15 is 0 Å². The molecule has 7 heteroatoms. The van der Waals surface area contributed by atoms with Crippen molar-refractivity contribution in [2.24, 2.45) is 0 Å². The van der Waals surface area contributed by atoms with Crippen LogP contribution in [0.5, 0.6) is 0 Å². The fourth-order valence-corrected chi connectivity index (χ4v) is 3.24. The van der Waals surface area contributed by atoms with Gasteiger partial charge in [0.05, 0.1) is 37.5 Å². The average Bonchev–Trinajstić information content (AvgIpc) is 3.00. The van der Waals surface area contributed by atoms with E-state index in [2.05, 4.69) is 5.16 Å². The fraction of sp³-hybridized carbons (Fsp3) is 0.733. The summed E-state index contributed by atoms with van der Waals surface area (Å²) in [5.74, 6) is 0.419. The van der Waals surface area contributed by atoms with Gasteiger partial charge >= 0.3 is 0 Å². The molecule has 0 bridgehead atoms. The van der Waals surface area contributed by atoms with Crippen molar-refractivity contribution in [3.8, 4) is 0 Å². The number of aliphatic hydroxyl groups is 1. The van der Waals surface area contributed by atoms with Crippen molar-refractivity contribution in [2.45, 2.75) is 44.5 Å². The second-order valence-corrected chi connectivity index (χ2v) is 6.39. The van der Waals surface area contributed by atoms with Crippen molar-refractivity contribution in [3.05, 3.63) is 17.0 Å². The molecule has 2 saturated heterocycles. The number of hydrogen-bond donors (Lipinski definition) is 1. The van der Waals surface area contributed by atoms with E-state index in [-0.39, 0.29) is 5.91 Å². The van der Waals surface area contributed by atoms with E-state index in [0.29, 0.717) is 56.2 Å². The molecule has 1 aromatic heterocycles. The summed E-state index contributed by atoms with van der Waals surface area (Å²) in [6.07, 6.45) is 1.23. The van der Waals surface area contributed by atoms with Gasteiger partial charge in [-0.15, -0.1) is 0 Å². The van der Waals surface area contributed by atoms with Gasteiger partial charge in [-0.05, 0) is 13.3 Å². The minimum absolute atomic E-state index is 0.176. The van der Waals surface area contributed by atoms with Crippen LogP contribution >= 0.6 is 0 Å². The number of nitrogens with zero attached hydrogens (tertiary/aromatic N) is 2. The van der Waals surface area contributed by atoms with Crippen molar-refractivity contribution < 1.29 is 23.9 Å². The van der Waals surface area contributed by atoms with E-state index in [9.17, 15) is 9.90 Å². The van der Waals surface area contributed by atoms with Crippen LogP contribution in [0, 0.1) is 6.92 Å². The first-order chi connectivity index (χ1) is 10.4. The average molecular weight is 310 g/mol. The number of ether oxygens (including phenoxy) is 2. The Labute approximate surface area is 129 Å². The number of methoxy groups -OCH3 is 1. The first kappa shape index (κ1) is 15.5. The molecule has 122 valence electrons. The Bertz CT molecular complexity index is 578. The molecule has 0 saturated carbocycles. The fourth-order valence-electron chi connectivity index (χ4n) is 3.24. The van der Waals surface area contributed by atoms with Crippen LogP contribution in [0.25, 0.3) is 0 Å². The molecule has 3 rings (SSSR count). The highest BCUT2D eigenvalue weighted by atomic mass is 16.5. The quantitative estimate of drug-likeness (QED) is 0.889. The molecule has 1 N–H and O–H groups in total. The lowest BCUT2D eigenvalue weighted by molar-refractivity contribution is -0.0958. The van der Waals surface area contributed by atoms with Gasteiger partial charge in [0, 0.05) is 13.5 Å². The Kier molecular flexibility index (Phi) is 3.74. The lowest BCUT2D eigenvalue weighted by Crippen LogP contribution is -2.63.